The quantitative estimate of drug-likeness (QED) is 0.623. The summed E-state index contributed by atoms with van der Waals surface area (Å²) < 4.78 is 4.41. The molecule has 0 amide bonds. The van der Waals surface area contributed by atoms with Gasteiger partial charge in [0.25, 0.3) is 5.56 Å². The Kier molecular flexibility index (Phi) is 3.38. The lowest BCUT2D eigenvalue weighted by Crippen LogP contribution is -2.24. The summed E-state index contributed by atoms with van der Waals surface area (Å²) in [4.78, 5) is 17.4. The van der Waals surface area contributed by atoms with Crippen molar-refractivity contribution in [3.8, 4) is 0 Å². The summed E-state index contributed by atoms with van der Waals surface area (Å²) in [6.07, 6.45) is 1.78. The number of aryl methyl sites for hydroxylation is 2. The molecule has 0 aliphatic carbocycles. The number of thiazole rings is 1. The monoisotopic (exact) mass is 339 g/mol. The number of benzene rings is 1. The number of rotatable bonds is 3. The Bertz CT molecular complexity index is 1100. The van der Waals surface area contributed by atoms with Crippen LogP contribution >= 0.6 is 11.3 Å². The van der Waals surface area contributed by atoms with Gasteiger partial charge in [-0.15, -0.1) is 11.3 Å². The first kappa shape index (κ1) is 14.9. The maximum absolute atomic E-state index is 12.9. The maximum atomic E-state index is 12.9. The van der Waals surface area contributed by atoms with E-state index in [2.05, 4.69) is 15.4 Å². The third kappa shape index (κ3) is 2.20. The Morgan fingerprint density at radius 3 is 2.71 bits per heavy atom. The molecule has 3 heterocycles. The van der Waals surface area contributed by atoms with Crippen LogP contribution in [0.3, 0.4) is 0 Å². The summed E-state index contributed by atoms with van der Waals surface area (Å²) in [6.45, 7) is 2.42. The molecule has 0 fully saturated rings. The molecule has 0 bridgehead atoms. The highest BCUT2D eigenvalue weighted by atomic mass is 32.1. The lowest BCUT2D eigenvalue weighted by Gasteiger charge is -2.07. The predicted molar refractivity (Wildman–Crippen MR) is 98.0 cm³/mol. The van der Waals surface area contributed by atoms with E-state index in [-0.39, 0.29) is 5.56 Å². The molecule has 0 aliphatic heterocycles. The zero-order valence-electron chi connectivity index (χ0n) is 13.7. The van der Waals surface area contributed by atoms with Crippen molar-refractivity contribution in [3.05, 3.63) is 51.4 Å². The van der Waals surface area contributed by atoms with Crippen molar-refractivity contribution in [3.63, 3.8) is 0 Å². The van der Waals surface area contributed by atoms with E-state index in [1.165, 1.54) is 4.68 Å². The number of anilines is 1. The Morgan fingerprint density at radius 2 is 2.00 bits per heavy atom. The molecule has 1 aromatic carbocycles. The molecule has 1 N–H and O–H groups in total. The van der Waals surface area contributed by atoms with Crippen LogP contribution < -0.4 is 10.9 Å². The van der Waals surface area contributed by atoms with Crippen molar-refractivity contribution in [1.29, 1.82) is 0 Å². The number of hydrogen-bond acceptors (Lipinski definition) is 5. The summed E-state index contributed by atoms with van der Waals surface area (Å²) in [5.74, 6) is 0. The number of fused-ring (bicyclic) bond motifs is 3. The van der Waals surface area contributed by atoms with Gasteiger partial charge in [-0.25, -0.2) is 9.67 Å². The number of nitrogens with one attached hydrogen (secondary N) is 1. The average molecular weight is 339 g/mol. The molecular formula is C17H17N5OS. The smallest absolute Gasteiger partial charge is 0.291 e. The van der Waals surface area contributed by atoms with E-state index in [1.54, 1.807) is 17.5 Å². The normalized spacial score (nSPS) is 11.5. The number of aromatic nitrogens is 4. The minimum absolute atomic E-state index is 0.0875. The van der Waals surface area contributed by atoms with Crippen LogP contribution in [0.2, 0.25) is 0 Å². The van der Waals surface area contributed by atoms with Crippen LogP contribution in [0.4, 0.5) is 5.69 Å². The van der Waals surface area contributed by atoms with Crippen LogP contribution in [0.5, 0.6) is 0 Å². The van der Waals surface area contributed by atoms with Crippen LogP contribution in [0, 0.1) is 6.92 Å². The summed E-state index contributed by atoms with van der Waals surface area (Å²) in [6, 6.07) is 7.98. The topological polar surface area (TPSA) is 64.7 Å². The summed E-state index contributed by atoms with van der Waals surface area (Å²) >= 11 is 1.60. The Balaban J connectivity index is 1.83. The van der Waals surface area contributed by atoms with Gasteiger partial charge in [0, 0.05) is 25.2 Å². The van der Waals surface area contributed by atoms with E-state index < -0.39 is 0 Å². The van der Waals surface area contributed by atoms with Gasteiger partial charge in [0.15, 0.2) is 5.65 Å². The molecule has 4 rings (SSSR count). The van der Waals surface area contributed by atoms with Crippen LogP contribution in [0.15, 0.2) is 35.3 Å². The number of nitrogens with zero attached hydrogens (tertiary/aromatic N) is 4. The minimum Gasteiger partial charge on any atom is -0.388 e. The molecule has 0 aliphatic rings. The Hall–Kier alpha value is -2.67. The van der Waals surface area contributed by atoms with Crippen molar-refractivity contribution in [2.24, 2.45) is 7.05 Å². The fourth-order valence-corrected chi connectivity index (χ4v) is 3.92. The third-order valence-corrected chi connectivity index (χ3v) is 5.20. The van der Waals surface area contributed by atoms with Gasteiger partial charge in [0.1, 0.15) is 5.52 Å². The van der Waals surface area contributed by atoms with Gasteiger partial charge in [-0.3, -0.25) is 4.79 Å². The average Bonchev–Trinajstić information content (AvgIpc) is 3.08. The molecule has 0 saturated heterocycles. The number of hydrogen-bond donors (Lipinski definition) is 1. The highest BCUT2D eigenvalue weighted by molar-refractivity contribution is 7.19. The largest absolute Gasteiger partial charge is 0.388 e. The van der Waals surface area contributed by atoms with E-state index in [0.717, 1.165) is 32.0 Å². The van der Waals surface area contributed by atoms with Crippen molar-refractivity contribution in [2.75, 3.05) is 12.4 Å². The molecule has 6 nitrogen and oxygen atoms in total. The van der Waals surface area contributed by atoms with Crippen molar-refractivity contribution in [1.82, 2.24) is 19.3 Å². The molecule has 0 saturated carbocycles. The van der Waals surface area contributed by atoms with Crippen LogP contribution in [-0.2, 0) is 13.6 Å². The van der Waals surface area contributed by atoms with E-state index in [1.807, 2.05) is 49.9 Å². The van der Waals surface area contributed by atoms with Crippen LogP contribution in [-0.4, -0.2) is 26.4 Å². The van der Waals surface area contributed by atoms with Gasteiger partial charge in [0.2, 0.25) is 0 Å². The first-order chi connectivity index (χ1) is 11.6. The molecule has 7 heteroatoms. The fourth-order valence-electron chi connectivity index (χ4n) is 2.96. The van der Waals surface area contributed by atoms with Crippen molar-refractivity contribution < 1.29 is 0 Å². The summed E-state index contributed by atoms with van der Waals surface area (Å²) in [7, 11) is 3.77. The van der Waals surface area contributed by atoms with Gasteiger partial charge in [0.05, 0.1) is 22.4 Å². The maximum Gasteiger partial charge on any atom is 0.291 e. The third-order valence-electron chi connectivity index (χ3n) is 4.21. The summed E-state index contributed by atoms with van der Waals surface area (Å²) in [5, 5.41) is 9.33. The SMILES string of the molecule is CNc1ccc(Cn2ncc3c4sc(C)nc4n(C)c3c2=O)cc1. The van der Waals surface area contributed by atoms with Gasteiger partial charge < -0.3 is 9.88 Å². The van der Waals surface area contributed by atoms with Gasteiger partial charge in [-0.05, 0) is 24.6 Å². The molecule has 122 valence electrons. The van der Waals surface area contributed by atoms with E-state index in [9.17, 15) is 4.79 Å². The minimum atomic E-state index is -0.0875. The van der Waals surface area contributed by atoms with Crippen LogP contribution in [0.1, 0.15) is 10.6 Å². The highest BCUT2D eigenvalue weighted by Crippen LogP contribution is 2.30. The van der Waals surface area contributed by atoms with Gasteiger partial charge in [-0.1, -0.05) is 12.1 Å². The first-order valence-electron chi connectivity index (χ1n) is 7.67. The molecule has 24 heavy (non-hydrogen) atoms. The second kappa shape index (κ2) is 5.45. The highest BCUT2D eigenvalue weighted by Gasteiger charge is 2.17. The fraction of sp³-hybridized carbons (Fsp3) is 0.235. The predicted octanol–water partition coefficient (Wildman–Crippen LogP) is 2.74. The molecule has 4 aromatic rings. The lowest BCUT2D eigenvalue weighted by atomic mass is 10.2. The molecule has 0 unspecified atom stereocenters. The standard InChI is InChI=1S/C17H17N5OS/c1-10-20-16-15(24-10)13-8-19-22(17(23)14(13)21(16)3)9-11-4-6-12(18-2)7-5-11/h4-8,18H,9H2,1-3H3. The molecule has 3 aromatic heterocycles. The van der Waals surface area contributed by atoms with Gasteiger partial charge in [-0.2, -0.15) is 5.10 Å². The van der Waals surface area contributed by atoms with Crippen LogP contribution in [0.25, 0.3) is 21.3 Å². The molecule has 0 atom stereocenters. The molecule has 0 radical (unpaired) electrons. The Labute approximate surface area is 142 Å². The van der Waals surface area contributed by atoms with Gasteiger partial charge >= 0.3 is 0 Å². The molecular weight excluding hydrogens is 322 g/mol. The Morgan fingerprint density at radius 1 is 1.25 bits per heavy atom. The van der Waals surface area contributed by atoms with E-state index in [0.29, 0.717) is 12.1 Å². The zero-order valence-corrected chi connectivity index (χ0v) is 14.5. The second-order valence-corrected chi connectivity index (χ2v) is 6.96. The van der Waals surface area contributed by atoms with Crippen molar-refractivity contribution >= 4 is 38.3 Å². The van der Waals surface area contributed by atoms with E-state index >= 15 is 0 Å². The first-order valence-corrected chi connectivity index (χ1v) is 8.48. The van der Waals surface area contributed by atoms with Crippen molar-refractivity contribution in [2.45, 2.75) is 13.5 Å². The van der Waals surface area contributed by atoms with E-state index in [4.69, 9.17) is 0 Å². The zero-order chi connectivity index (χ0) is 16.8. The lowest BCUT2D eigenvalue weighted by molar-refractivity contribution is 0.644. The summed E-state index contributed by atoms with van der Waals surface area (Å²) in [5.41, 5.74) is 3.50. The molecule has 0 spiro atoms. The second-order valence-electron chi connectivity index (χ2n) is 5.76.